The lowest BCUT2D eigenvalue weighted by Gasteiger charge is -2.30. The number of ether oxygens (including phenoxy) is 1. The highest BCUT2D eigenvalue weighted by atomic mass is 32.2. The van der Waals surface area contributed by atoms with E-state index in [9.17, 15) is 18.0 Å². The van der Waals surface area contributed by atoms with Gasteiger partial charge < -0.3 is 10.1 Å². The van der Waals surface area contributed by atoms with E-state index >= 15 is 0 Å². The van der Waals surface area contributed by atoms with Crippen molar-refractivity contribution in [1.82, 2.24) is 4.31 Å². The van der Waals surface area contributed by atoms with Crippen molar-refractivity contribution in [3.8, 4) is 0 Å². The van der Waals surface area contributed by atoms with Crippen LogP contribution in [-0.4, -0.2) is 44.3 Å². The monoisotopic (exact) mass is 456 g/mol. The molecule has 1 N–H and O–H groups in total. The van der Waals surface area contributed by atoms with Gasteiger partial charge in [-0.2, -0.15) is 4.31 Å². The molecule has 7 nitrogen and oxygen atoms in total. The Morgan fingerprint density at radius 2 is 1.66 bits per heavy atom. The minimum Gasteiger partial charge on any atom is -0.465 e. The Morgan fingerprint density at radius 1 is 1.03 bits per heavy atom. The Hall–Kier alpha value is -2.71. The third kappa shape index (κ3) is 4.42. The normalized spacial score (nSPS) is 18.7. The van der Waals surface area contributed by atoms with E-state index in [1.807, 2.05) is 24.3 Å². The largest absolute Gasteiger partial charge is 0.465 e. The number of nitrogens with zero attached hydrogens (tertiary/aromatic N) is 1. The molecule has 0 spiro atoms. The highest BCUT2D eigenvalue weighted by molar-refractivity contribution is 7.89. The molecule has 2 fully saturated rings. The minimum absolute atomic E-state index is 0.110. The van der Waals surface area contributed by atoms with Crippen molar-refractivity contribution in [3.63, 3.8) is 0 Å². The molecule has 1 amide bonds. The van der Waals surface area contributed by atoms with Crippen molar-refractivity contribution in [2.45, 2.75) is 42.9 Å². The van der Waals surface area contributed by atoms with Gasteiger partial charge in [0.1, 0.15) is 0 Å². The molecule has 1 aliphatic heterocycles. The molecule has 0 radical (unpaired) electrons. The number of anilines is 1. The maximum absolute atomic E-state index is 12.8. The lowest BCUT2D eigenvalue weighted by atomic mass is 9.95. The molecule has 0 aromatic heterocycles. The van der Waals surface area contributed by atoms with E-state index < -0.39 is 15.4 Å². The molecule has 1 heterocycles. The van der Waals surface area contributed by atoms with Crippen LogP contribution in [0.15, 0.2) is 59.5 Å². The number of rotatable bonds is 7. The second kappa shape index (κ2) is 9.03. The molecular weight excluding hydrogens is 428 g/mol. The molecule has 2 aromatic carbocycles. The van der Waals surface area contributed by atoms with Gasteiger partial charge in [0.15, 0.2) is 0 Å². The van der Waals surface area contributed by atoms with Crippen LogP contribution in [0.25, 0.3) is 0 Å². The summed E-state index contributed by atoms with van der Waals surface area (Å²) in [5.41, 5.74) is 1.04. The van der Waals surface area contributed by atoms with Crippen LogP contribution in [0.1, 0.15) is 38.2 Å². The molecule has 1 saturated carbocycles. The summed E-state index contributed by atoms with van der Waals surface area (Å²) >= 11 is 0. The fourth-order valence-electron chi connectivity index (χ4n) is 4.22. The first-order valence-corrected chi connectivity index (χ1v) is 12.4. The zero-order valence-electron chi connectivity index (χ0n) is 18.1. The number of carbonyl (C=O) groups excluding carboxylic acids is 2. The van der Waals surface area contributed by atoms with Crippen molar-refractivity contribution in [1.29, 1.82) is 0 Å². The van der Waals surface area contributed by atoms with E-state index in [2.05, 4.69) is 5.32 Å². The topological polar surface area (TPSA) is 92.8 Å². The van der Waals surface area contributed by atoms with Gasteiger partial charge in [-0.1, -0.05) is 30.3 Å². The van der Waals surface area contributed by atoms with E-state index in [0.717, 1.165) is 18.4 Å². The van der Waals surface area contributed by atoms with Crippen LogP contribution in [0.4, 0.5) is 5.69 Å². The van der Waals surface area contributed by atoms with Gasteiger partial charge in [0.25, 0.3) is 0 Å². The number of esters is 1. The number of benzene rings is 2. The van der Waals surface area contributed by atoms with Gasteiger partial charge in [-0.3, -0.25) is 9.59 Å². The van der Waals surface area contributed by atoms with E-state index in [1.54, 1.807) is 37.3 Å². The molecule has 1 aliphatic carbocycles. The van der Waals surface area contributed by atoms with Crippen LogP contribution in [0.5, 0.6) is 0 Å². The highest BCUT2D eigenvalue weighted by Gasteiger charge is 2.52. The van der Waals surface area contributed by atoms with E-state index in [-0.39, 0.29) is 22.7 Å². The minimum atomic E-state index is -3.53. The highest BCUT2D eigenvalue weighted by Crippen LogP contribution is 2.49. The van der Waals surface area contributed by atoms with Crippen LogP contribution >= 0.6 is 0 Å². The second-order valence-electron chi connectivity index (χ2n) is 8.36. The molecule has 1 saturated heterocycles. The zero-order valence-corrected chi connectivity index (χ0v) is 18.9. The van der Waals surface area contributed by atoms with Gasteiger partial charge in [0.05, 0.1) is 16.9 Å². The molecule has 32 heavy (non-hydrogen) atoms. The maximum Gasteiger partial charge on any atom is 0.316 e. The summed E-state index contributed by atoms with van der Waals surface area (Å²) < 4.78 is 32.2. The predicted octanol–water partition coefficient (Wildman–Crippen LogP) is 3.32. The summed E-state index contributed by atoms with van der Waals surface area (Å²) in [6.45, 7) is 2.79. The number of sulfonamides is 1. The fraction of sp³-hybridized carbons (Fsp3) is 0.417. The first kappa shape index (κ1) is 22.5. The van der Waals surface area contributed by atoms with Crippen molar-refractivity contribution in [3.05, 3.63) is 60.2 Å². The molecule has 2 aliphatic rings. The quantitative estimate of drug-likeness (QED) is 0.645. The van der Waals surface area contributed by atoms with Gasteiger partial charge in [-0.05, 0) is 62.4 Å². The lowest BCUT2D eigenvalue weighted by Crippen LogP contribution is -2.41. The number of nitrogens with one attached hydrogen (secondary N) is 1. The lowest BCUT2D eigenvalue weighted by molar-refractivity contribution is -0.146. The Bertz CT molecular complexity index is 1070. The van der Waals surface area contributed by atoms with Crippen LogP contribution < -0.4 is 5.32 Å². The third-order valence-electron chi connectivity index (χ3n) is 6.33. The first-order valence-electron chi connectivity index (χ1n) is 11.0. The molecule has 4 rings (SSSR count). The standard InChI is InChI=1S/C24H28N2O5S/c1-2-31-23(28)24(14-15-24)19-8-10-20(11-9-19)25-22(27)18-12-16-26(17-13-18)32(29,30)21-6-4-3-5-7-21/h3-11,18H,2,12-17H2,1H3,(H,25,27). The summed E-state index contributed by atoms with van der Waals surface area (Å²) in [4.78, 5) is 25.3. The van der Waals surface area contributed by atoms with Crippen molar-refractivity contribution in [2.24, 2.45) is 5.92 Å². The average molecular weight is 457 g/mol. The third-order valence-corrected chi connectivity index (χ3v) is 8.24. The Balaban J connectivity index is 1.33. The first-order chi connectivity index (χ1) is 15.4. The number of piperidine rings is 1. The molecule has 0 bridgehead atoms. The van der Waals surface area contributed by atoms with Crippen molar-refractivity contribution < 1.29 is 22.7 Å². The number of hydrogen-bond acceptors (Lipinski definition) is 5. The summed E-state index contributed by atoms with van der Waals surface area (Å²) in [5.74, 6) is -0.541. The van der Waals surface area contributed by atoms with E-state index in [4.69, 9.17) is 4.74 Å². The summed E-state index contributed by atoms with van der Waals surface area (Å²) in [7, 11) is -3.53. The Labute approximate surface area is 188 Å². The average Bonchev–Trinajstić information content (AvgIpc) is 3.63. The van der Waals surface area contributed by atoms with Crippen LogP contribution in [0.3, 0.4) is 0 Å². The van der Waals surface area contributed by atoms with E-state index in [1.165, 1.54) is 4.31 Å². The van der Waals surface area contributed by atoms with Crippen LogP contribution in [-0.2, 0) is 29.8 Å². The zero-order chi connectivity index (χ0) is 22.8. The van der Waals surface area contributed by atoms with Crippen molar-refractivity contribution in [2.75, 3.05) is 25.0 Å². The molecule has 8 heteroatoms. The maximum atomic E-state index is 12.8. The molecule has 0 atom stereocenters. The van der Waals surface area contributed by atoms with Gasteiger partial charge in [0.2, 0.25) is 15.9 Å². The molecule has 0 unspecified atom stereocenters. The molecule has 2 aromatic rings. The van der Waals surface area contributed by atoms with E-state index in [0.29, 0.717) is 38.2 Å². The van der Waals surface area contributed by atoms with Crippen LogP contribution in [0, 0.1) is 5.92 Å². The second-order valence-corrected chi connectivity index (χ2v) is 10.3. The van der Waals surface area contributed by atoms with Gasteiger partial charge in [-0.25, -0.2) is 8.42 Å². The summed E-state index contributed by atoms with van der Waals surface area (Å²) in [5, 5.41) is 2.93. The van der Waals surface area contributed by atoms with Gasteiger partial charge >= 0.3 is 5.97 Å². The van der Waals surface area contributed by atoms with Crippen LogP contribution in [0.2, 0.25) is 0 Å². The summed E-state index contributed by atoms with van der Waals surface area (Å²) in [6.07, 6.45) is 2.51. The fourth-order valence-corrected chi connectivity index (χ4v) is 5.71. The number of hydrogen-bond donors (Lipinski definition) is 1. The summed E-state index contributed by atoms with van der Waals surface area (Å²) in [6, 6.07) is 15.7. The van der Waals surface area contributed by atoms with Gasteiger partial charge in [-0.15, -0.1) is 0 Å². The SMILES string of the molecule is CCOC(=O)C1(c2ccc(NC(=O)C3CCN(S(=O)(=O)c4ccccc4)CC3)cc2)CC1. The number of carbonyl (C=O) groups is 2. The molecule has 170 valence electrons. The van der Waals surface area contributed by atoms with Gasteiger partial charge in [0, 0.05) is 24.7 Å². The number of amides is 1. The Morgan fingerprint density at radius 3 is 2.22 bits per heavy atom. The smallest absolute Gasteiger partial charge is 0.316 e. The molecular formula is C24H28N2O5S. The van der Waals surface area contributed by atoms with Crippen molar-refractivity contribution >= 4 is 27.6 Å². The Kier molecular flexibility index (Phi) is 6.35. The predicted molar refractivity (Wildman–Crippen MR) is 121 cm³/mol.